The number of H-pyrrole nitrogens is 1. The van der Waals surface area contributed by atoms with Gasteiger partial charge in [-0.25, -0.2) is 9.67 Å². The molecule has 8 heteroatoms. The number of hydrogen-bond acceptors (Lipinski definition) is 6. The molecule has 1 saturated heterocycles. The highest BCUT2D eigenvalue weighted by Gasteiger charge is 2.35. The molecule has 0 unspecified atom stereocenters. The van der Waals surface area contributed by atoms with Gasteiger partial charge in [-0.05, 0) is 6.42 Å². The van der Waals surface area contributed by atoms with Crippen LogP contribution in [-0.2, 0) is 17.8 Å². The molecule has 3 rings (SSSR count). The molecule has 0 radical (unpaired) electrons. The summed E-state index contributed by atoms with van der Waals surface area (Å²) in [6.45, 7) is 5.59. The molecule has 0 saturated carbocycles. The molecule has 0 amide bonds. The normalized spacial score (nSPS) is 23.0. The predicted octanol–water partition coefficient (Wildman–Crippen LogP) is 0.421. The fraction of sp³-hybridized carbons (Fsp3) is 0.692. The number of methoxy groups -OCH3 is 1. The van der Waals surface area contributed by atoms with Crippen LogP contribution in [0, 0.1) is 0 Å². The summed E-state index contributed by atoms with van der Waals surface area (Å²) in [4.78, 5) is 6.71. The van der Waals surface area contributed by atoms with Gasteiger partial charge in [0.15, 0.2) is 0 Å². The molecule has 0 aromatic carbocycles. The van der Waals surface area contributed by atoms with E-state index in [-0.39, 0.29) is 12.0 Å². The highest BCUT2D eigenvalue weighted by molar-refractivity contribution is 5.09. The van der Waals surface area contributed by atoms with Crippen molar-refractivity contribution in [2.24, 2.45) is 0 Å². The molecular formula is C13H21N7O. The topological polar surface area (TPSA) is 84.8 Å². The second kappa shape index (κ2) is 6.31. The van der Waals surface area contributed by atoms with Gasteiger partial charge in [-0.2, -0.15) is 20.5 Å². The van der Waals surface area contributed by atoms with Gasteiger partial charge in [0.1, 0.15) is 12.2 Å². The van der Waals surface area contributed by atoms with E-state index in [4.69, 9.17) is 4.74 Å². The zero-order chi connectivity index (χ0) is 14.7. The van der Waals surface area contributed by atoms with Crippen LogP contribution >= 0.6 is 0 Å². The van der Waals surface area contributed by atoms with Gasteiger partial charge in [-0.1, -0.05) is 6.92 Å². The lowest BCUT2D eigenvalue weighted by molar-refractivity contribution is 0.0953. The summed E-state index contributed by atoms with van der Waals surface area (Å²) < 4.78 is 7.59. The Morgan fingerprint density at radius 2 is 2.33 bits per heavy atom. The molecule has 1 aliphatic rings. The van der Waals surface area contributed by atoms with E-state index in [0.29, 0.717) is 0 Å². The molecule has 0 spiro atoms. The predicted molar refractivity (Wildman–Crippen MR) is 75.5 cm³/mol. The molecule has 1 fully saturated rings. The third kappa shape index (κ3) is 2.96. The van der Waals surface area contributed by atoms with E-state index in [1.165, 1.54) is 0 Å². The van der Waals surface area contributed by atoms with Gasteiger partial charge in [-0.3, -0.25) is 4.90 Å². The number of aromatic nitrogens is 6. The van der Waals surface area contributed by atoms with E-state index in [1.54, 1.807) is 19.6 Å². The monoisotopic (exact) mass is 291 g/mol. The Balaban J connectivity index is 1.68. The first-order valence-electron chi connectivity index (χ1n) is 7.29. The lowest BCUT2D eigenvalue weighted by atomic mass is 10.0. The first kappa shape index (κ1) is 14.2. The summed E-state index contributed by atoms with van der Waals surface area (Å²) in [7, 11) is 1.75. The van der Waals surface area contributed by atoms with E-state index in [2.05, 4.69) is 37.3 Å². The Labute approximate surface area is 123 Å². The number of rotatable bonds is 6. The Hall–Kier alpha value is -1.80. The zero-order valence-corrected chi connectivity index (χ0v) is 12.4. The minimum atomic E-state index is 0.137. The molecule has 21 heavy (non-hydrogen) atoms. The van der Waals surface area contributed by atoms with Gasteiger partial charge < -0.3 is 4.74 Å². The van der Waals surface area contributed by atoms with E-state index < -0.39 is 0 Å². The zero-order valence-electron chi connectivity index (χ0n) is 12.4. The molecule has 2 atom stereocenters. The fourth-order valence-electron chi connectivity index (χ4n) is 2.90. The molecule has 0 aliphatic carbocycles. The average molecular weight is 291 g/mol. The Morgan fingerprint density at radius 1 is 1.43 bits per heavy atom. The summed E-state index contributed by atoms with van der Waals surface area (Å²) in [5.41, 5.74) is 0.958. The van der Waals surface area contributed by atoms with Crippen LogP contribution in [0.15, 0.2) is 12.5 Å². The fourth-order valence-corrected chi connectivity index (χ4v) is 2.90. The maximum absolute atomic E-state index is 5.61. The van der Waals surface area contributed by atoms with Crippen molar-refractivity contribution in [3.63, 3.8) is 0 Å². The van der Waals surface area contributed by atoms with Crippen molar-refractivity contribution < 1.29 is 4.74 Å². The van der Waals surface area contributed by atoms with E-state index in [0.717, 1.165) is 44.1 Å². The summed E-state index contributed by atoms with van der Waals surface area (Å²) in [5.74, 6) is 1.25. The van der Waals surface area contributed by atoms with Crippen molar-refractivity contribution in [2.45, 2.75) is 38.5 Å². The molecule has 1 N–H and O–H groups in total. The largest absolute Gasteiger partial charge is 0.379 e. The van der Waals surface area contributed by atoms with Gasteiger partial charge in [0.05, 0.1) is 24.5 Å². The molecular weight excluding hydrogens is 270 g/mol. The average Bonchev–Trinajstić information content (AvgIpc) is 3.20. The summed E-state index contributed by atoms with van der Waals surface area (Å²) in [6.07, 6.45) is 4.60. The maximum atomic E-state index is 5.61. The second-order valence-corrected chi connectivity index (χ2v) is 5.37. The van der Waals surface area contributed by atoms with E-state index >= 15 is 0 Å². The minimum Gasteiger partial charge on any atom is -0.379 e. The van der Waals surface area contributed by atoms with E-state index in [9.17, 15) is 0 Å². The third-order valence-corrected chi connectivity index (χ3v) is 3.95. The minimum absolute atomic E-state index is 0.137. The smallest absolute Gasteiger partial charge is 0.141 e. The number of hydrogen-bond donors (Lipinski definition) is 1. The summed E-state index contributed by atoms with van der Waals surface area (Å²) >= 11 is 0. The number of ether oxygens (including phenoxy) is 1. The Bertz CT molecular complexity index is 553. The second-order valence-electron chi connectivity index (χ2n) is 5.37. The molecule has 1 aliphatic heterocycles. The first-order valence-corrected chi connectivity index (χ1v) is 7.29. The lowest BCUT2D eigenvalue weighted by Gasteiger charge is -2.15. The van der Waals surface area contributed by atoms with Crippen molar-refractivity contribution in [1.29, 1.82) is 0 Å². The van der Waals surface area contributed by atoms with Crippen LogP contribution in [0.4, 0.5) is 0 Å². The molecule has 2 aromatic heterocycles. The SMILES string of the molecule is CCCn1ncnc1CN1C[C@@H](OC)[C@H](c2cn[nH]n2)C1. The first-order chi connectivity index (χ1) is 10.3. The van der Waals surface area contributed by atoms with Crippen LogP contribution in [0.25, 0.3) is 0 Å². The van der Waals surface area contributed by atoms with Crippen molar-refractivity contribution in [1.82, 2.24) is 35.1 Å². The van der Waals surface area contributed by atoms with Gasteiger partial charge >= 0.3 is 0 Å². The van der Waals surface area contributed by atoms with Gasteiger partial charge in [0.25, 0.3) is 0 Å². The van der Waals surface area contributed by atoms with Crippen molar-refractivity contribution in [2.75, 3.05) is 20.2 Å². The lowest BCUT2D eigenvalue weighted by Crippen LogP contribution is -2.24. The number of nitrogens with zero attached hydrogens (tertiary/aromatic N) is 6. The molecule has 2 aromatic rings. The molecule has 114 valence electrons. The van der Waals surface area contributed by atoms with Crippen molar-refractivity contribution in [3.8, 4) is 0 Å². The molecule has 3 heterocycles. The van der Waals surface area contributed by atoms with E-state index in [1.807, 2.05) is 4.68 Å². The Morgan fingerprint density at radius 3 is 3.05 bits per heavy atom. The molecule has 0 bridgehead atoms. The van der Waals surface area contributed by atoms with Crippen LogP contribution in [0.2, 0.25) is 0 Å². The van der Waals surface area contributed by atoms with Crippen LogP contribution in [-0.4, -0.2) is 61.4 Å². The standard InChI is InChI=1S/C13H21N7O/c1-3-4-20-13(14-9-16-20)8-19-6-10(12(7-19)21-2)11-5-15-18-17-11/h5,9-10,12H,3-4,6-8H2,1-2H3,(H,15,17,18)/t10-,12+/m0/s1. The van der Waals surface area contributed by atoms with Crippen LogP contribution in [0.3, 0.4) is 0 Å². The van der Waals surface area contributed by atoms with Crippen molar-refractivity contribution in [3.05, 3.63) is 24.0 Å². The van der Waals surface area contributed by atoms with Gasteiger partial charge in [0, 0.05) is 32.7 Å². The Kier molecular flexibility index (Phi) is 4.26. The number of aromatic amines is 1. The number of aryl methyl sites for hydroxylation is 1. The summed E-state index contributed by atoms with van der Waals surface area (Å²) in [5, 5.41) is 15.1. The van der Waals surface area contributed by atoms with Crippen molar-refractivity contribution >= 4 is 0 Å². The van der Waals surface area contributed by atoms with Crippen LogP contribution in [0.5, 0.6) is 0 Å². The van der Waals surface area contributed by atoms with Gasteiger partial charge in [-0.15, -0.1) is 0 Å². The third-order valence-electron chi connectivity index (χ3n) is 3.95. The maximum Gasteiger partial charge on any atom is 0.141 e. The summed E-state index contributed by atoms with van der Waals surface area (Å²) in [6, 6.07) is 0. The highest BCUT2D eigenvalue weighted by atomic mass is 16.5. The molecule has 8 nitrogen and oxygen atoms in total. The highest BCUT2D eigenvalue weighted by Crippen LogP contribution is 2.28. The van der Waals surface area contributed by atoms with Gasteiger partial charge in [0.2, 0.25) is 0 Å². The van der Waals surface area contributed by atoms with Crippen LogP contribution < -0.4 is 0 Å². The number of nitrogens with one attached hydrogen (secondary N) is 1. The number of likely N-dealkylation sites (tertiary alicyclic amines) is 1. The van der Waals surface area contributed by atoms with Crippen LogP contribution in [0.1, 0.15) is 30.8 Å². The quantitative estimate of drug-likeness (QED) is 0.830.